The summed E-state index contributed by atoms with van der Waals surface area (Å²) in [7, 11) is 0. The van der Waals surface area contributed by atoms with Gasteiger partial charge in [0.1, 0.15) is 11.5 Å². The van der Waals surface area contributed by atoms with E-state index in [1.54, 1.807) is 6.92 Å². The smallest absolute Gasteiger partial charge is 0.191 e. The van der Waals surface area contributed by atoms with Gasteiger partial charge in [-0.05, 0) is 6.07 Å². The van der Waals surface area contributed by atoms with E-state index in [0.29, 0.717) is 22.4 Å². The van der Waals surface area contributed by atoms with Crippen LogP contribution in [0, 0.1) is 13.8 Å². The molecule has 0 aliphatic carbocycles. The minimum atomic E-state index is 0.551. The zero-order valence-corrected chi connectivity index (χ0v) is 8.51. The van der Waals surface area contributed by atoms with E-state index in [1.165, 1.54) is 0 Å². The van der Waals surface area contributed by atoms with Gasteiger partial charge in [-0.25, -0.2) is 4.98 Å². The topological polar surface area (TPSA) is 26.0 Å². The maximum absolute atomic E-state index is 6.03. The number of benzene rings is 1. The van der Waals surface area contributed by atoms with Gasteiger partial charge in [0.2, 0.25) is 0 Å². The van der Waals surface area contributed by atoms with E-state index in [2.05, 4.69) is 11.9 Å². The van der Waals surface area contributed by atoms with Crippen LogP contribution >= 0.6 is 11.6 Å². The molecule has 1 aromatic carbocycles. The van der Waals surface area contributed by atoms with E-state index in [0.717, 1.165) is 5.56 Å². The molecule has 0 spiro atoms. The first-order chi connectivity index (χ1) is 6.68. The first-order valence-corrected chi connectivity index (χ1v) is 4.60. The molecule has 3 heteroatoms. The minimum absolute atomic E-state index is 0.551. The molecular weight excluding hydrogens is 198 g/mol. The van der Waals surface area contributed by atoms with Crippen LogP contribution in [-0.2, 0) is 0 Å². The summed E-state index contributed by atoms with van der Waals surface area (Å²) in [5.41, 5.74) is 1.57. The largest absolute Gasteiger partial charge is 0.445 e. The Bertz CT molecular complexity index is 462. The van der Waals surface area contributed by atoms with Crippen LogP contribution in [0.1, 0.15) is 11.7 Å². The summed E-state index contributed by atoms with van der Waals surface area (Å²) in [6.07, 6.45) is 0. The summed E-state index contributed by atoms with van der Waals surface area (Å²) in [6, 6.07) is 7.50. The second kappa shape index (κ2) is 3.46. The molecule has 0 amide bonds. The van der Waals surface area contributed by atoms with Crippen LogP contribution in [0.4, 0.5) is 0 Å². The van der Waals surface area contributed by atoms with E-state index in [1.807, 2.05) is 24.3 Å². The van der Waals surface area contributed by atoms with Gasteiger partial charge < -0.3 is 4.42 Å². The second-order valence-electron chi connectivity index (χ2n) is 2.98. The Balaban J connectivity index is 2.60. The van der Waals surface area contributed by atoms with Crippen LogP contribution in [0.5, 0.6) is 0 Å². The van der Waals surface area contributed by atoms with Crippen molar-refractivity contribution in [2.45, 2.75) is 6.92 Å². The minimum Gasteiger partial charge on any atom is -0.445 e. The highest BCUT2D eigenvalue weighted by Gasteiger charge is 2.11. The third-order valence-electron chi connectivity index (χ3n) is 1.93. The fraction of sp³-hybridized carbons (Fsp3) is 0.0909. The summed E-state index contributed by atoms with van der Waals surface area (Å²) in [4.78, 5) is 4.23. The van der Waals surface area contributed by atoms with Gasteiger partial charge >= 0.3 is 0 Å². The number of hydrogen-bond acceptors (Lipinski definition) is 2. The molecule has 1 radical (unpaired) electrons. The molecule has 0 aliphatic rings. The zero-order valence-electron chi connectivity index (χ0n) is 7.75. The van der Waals surface area contributed by atoms with E-state index < -0.39 is 0 Å². The van der Waals surface area contributed by atoms with Crippen molar-refractivity contribution in [2.24, 2.45) is 0 Å². The molecule has 71 valence electrons. The van der Waals surface area contributed by atoms with Crippen LogP contribution < -0.4 is 0 Å². The van der Waals surface area contributed by atoms with Crippen molar-refractivity contribution < 1.29 is 4.42 Å². The van der Waals surface area contributed by atoms with Crippen molar-refractivity contribution in [1.82, 2.24) is 4.98 Å². The molecule has 0 fully saturated rings. The molecule has 2 aromatic rings. The third-order valence-corrected chi connectivity index (χ3v) is 2.26. The lowest BCUT2D eigenvalue weighted by molar-refractivity contribution is 0.506. The molecule has 0 saturated carbocycles. The van der Waals surface area contributed by atoms with Crippen molar-refractivity contribution in [3.05, 3.63) is 47.9 Å². The monoisotopic (exact) mass is 206 g/mol. The Morgan fingerprint density at radius 2 is 2.07 bits per heavy atom. The summed E-state index contributed by atoms with van der Waals surface area (Å²) < 4.78 is 5.24. The average Bonchev–Trinajstić information content (AvgIpc) is 2.46. The number of halogens is 1. The molecule has 0 aliphatic heterocycles. The van der Waals surface area contributed by atoms with Crippen LogP contribution in [0.3, 0.4) is 0 Å². The van der Waals surface area contributed by atoms with Crippen molar-refractivity contribution in [3.8, 4) is 11.3 Å². The highest BCUT2D eigenvalue weighted by Crippen LogP contribution is 2.29. The van der Waals surface area contributed by atoms with Crippen molar-refractivity contribution >= 4 is 11.6 Å². The molecular formula is C11H9ClNO. The summed E-state index contributed by atoms with van der Waals surface area (Å²) in [5.74, 6) is 1.15. The summed E-state index contributed by atoms with van der Waals surface area (Å²) in [6.45, 7) is 5.56. The van der Waals surface area contributed by atoms with Gasteiger partial charge in [0.25, 0.3) is 0 Å². The summed E-state index contributed by atoms with van der Waals surface area (Å²) >= 11 is 6.03. The Morgan fingerprint density at radius 3 is 2.64 bits per heavy atom. The maximum Gasteiger partial charge on any atom is 0.191 e. The molecule has 0 bridgehead atoms. The standard InChI is InChI=1S/C11H9ClNO/c1-7-11(13-8(2)14-7)9-5-3-4-6-10(9)12/h3-6H,1H2,2H3. The average molecular weight is 207 g/mol. The molecule has 0 N–H and O–H groups in total. The van der Waals surface area contributed by atoms with Gasteiger partial charge in [-0.1, -0.05) is 29.8 Å². The number of aromatic nitrogens is 1. The molecule has 2 rings (SSSR count). The summed E-state index contributed by atoms with van der Waals surface area (Å²) in [5, 5.41) is 0.658. The van der Waals surface area contributed by atoms with E-state index >= 15 is 0 Å². The van der Waals surface area contributed by atoms with Gasteiger partial charge in [0.05, 0.1) is 5.02 Å². The van der Waals surface area contributed by atoms with E-state index in [-0.39, 0.29) is 0 Å². The first kappa shape index (κ1) is 9.28. The fourth-order valence-corrected chi connectivity index (χ4v) is 1.56. The van der Waals surface area contributed by atoms with E-state index in [9.17, 15) is 0 Å². The van der Waals surface area contributed by atoms with Gasteiger partial charge in [0.15, 0.2) is 5.89 Å². The van der Waals surface area contributed by atoms with Crippen molar-refractivity contribution in [1.29, 1.82) is 0 Å². The fourth-order valence-electron chi connectivity index (χ4n) is 1.33. The lowest BCUT2D eigenvalue weighted by atomic mass is 10.1. The molecule has 0 atom stereocenters. The zero-order chi connectivity index (χ0) is 10.1. The number of nitrogens with zero attached hydrogens (tertiary/aromatic N) is 1. The molecule has 0 unspecified atom stereocenters. The lowest BCUT2D eigenvalue weighted by Crippen LogP contribution is -1.81. The lowest BCUT2D eigenvalue weighted by Gasteiger charge is -1.99. The first-order valence-electron chi connectivity index (χ1n) is 4.23. The Labute approximate surface area is 87.5 Å². The van der Waals surface area contributed by atoms with Crippen molar-refractivity contribution in [3.63, 3.8) is 0 Å². The van der Waals surface area contributed by atoms with Crippen LogP contribution in [0.25, 0.3) is 11.3 Å². The molecule has 2 nitrogen and oxygen atoms in total. The maximum atomic E-state index is 6.03. The van der Waals surface area contributed by atoms with Crippen LogP contribution in [-0.4, -0.2) is 4.98 Å². The van der Waals surface area contributed by atoms with Gasteiger partial charge in [-0.2, -0.15) is 0 Å². The third kappa shape index (κ3) is 1.53. The molecule has 1 heterocycles. The Kier molecular flexibility index (Phi) is 2.30. The normalized spacial score (nSPS) is 10.5. The molecule has 14 heavy (non-hydrogen) atoms. The van der Waals surface area contributed by atoms with Gasteiger partial charge in [0, 0.05) is 19.4 Å². The van der Waals surface area contributed by atoms with Crippen LogP contribution in [0.15, 0.2) is 28.7 Å². The van der Waals surface area contributed by atoms with E-state index in [4.69, 9.17) is 16.0 Å². The second-order valence-corrected chi connectivity index (χ2v) is 3.39. The number of rotatable bonds is 1. The number of oxazole rings is 1. The van der Waals surface area contributed by atoms with Crippen molar-refractivity contribution in [2.75, 3.05) is 0 Å². The molecule has 0 saturated heterocycles. The highest BCUT2D eigenvalue weighted by molar-refractivity contribution is 6.33. The highest BCUT2D eigenvalue weighted by atomic mass is 35.5. The molecule has 1 aromatic heterocycles. The Morgan fingerprint density at radius 1 is 1.36 bits per heavy atom. The van der Waals surface area contributed by atoms with Gasteiger partial charge in [-0.15, -0.1) is 0 Å². The Hall–Kier alpha value is -1.28. The number of aryl methyl sites for hydroxylation is 1. The van der Waals surface area contributed by atoms with Crippen LogP contribution in [0.2, 0.25) is 5.02 Å². The SMILES string of the molecule is [CH2]c1oc(C)nc1-c1ccccc1Cl. The predicted molar refractivity (Wildman–Crippen MR) is 56.1 cm³/mol. The van der Waals surface area contributed by atoms with Gasteiger partial charge in [-0.3, -0.25) is 0 Å². The quantitative estimate of drug-likeness (QED) is 0.714. The predicted octanol–water partition coefficient (Wildman–Crippen LogP) is 3.49. The number of hydrogen-bond donors (Lipinski definition) is 0.